The maximum atomic E-state index is 7.03. The molecule has 0 spiro atoms. The average Bonchev–Trinajstić information content (AvgIpc) is 1.77. The SMILES string of the molecule is [C]c1ccc(Cl)cc1. The van der Waals surface area contributed by atoms with Gasteiger partial charge in [-0.2, -0.15) is 0 Å². The van der Waals surface area contributed by atoms with Crippen molar-refractivity contribution in [2.45, 2.75) is 0 Å². The zero-order valence-corrected chi connectivity index (χ0v) is 4.94. The summed E-state index contributed by atoms with van der Waals surface area (Å²) in [6, 6.07) is 6.71. The fraction of sp³-hybridized carbons (Fsp3) is 0. The first kappa shape index (κ1) is 5.64. The Morgan fingerprint density at radius 1 is 1.12 bits per heavy atom. The Kier molecular flexibility index (Phi) is 1.54. The van der Waals surface area contributed by atoms with Crippen LogP contribution in [0, 0.1) is 6.92 Å². The van der Waals surface area contributed by atoms with Crippen molar-refractivity contribution in [2.75, 3.05) is 0 Å². The molecule has 8 heavy (non-hydrogen) atoms. The van der Waals surface area contributed by atoms with Crippen LogP contribution < -0.4 is 0 Å². The van der Waals surface area contributed by atoms with Gasteiger partial charge in [-0.05, 0) is 17.7 Å². The average molecular weight is 124 g/mol. The van der Waals surface area contributed by atoms with Crippen LogP contribution in [0.3, 0.4) is 0 Å². The number of benzene rings is 1. The Balaban J connectivity index is 3.03. The molecule has 0 aliphatic rings. The molecular formula is C7H4Cl. The lowest BCUT2D eigenvalue weighted by molar-refractivity contribution is 1.61. The quantitative estimate of drug-likeness (QED) is 0.497. The van der Waals surface area contributed by atoms with Crippen LogP contribution in [0.5, 0.6) is 0 Å². The Morgan fingerprint density at radius 3 is 2.00 bits per heavy atom. The van der Waals surface area contributed by atoms with E-state index in [1.807, 2.05) is 0 Å². The largest absolute Gasteiger partial charge is 0.0843 e. The molecule has 0 heterocycles. The first-order valence-electron chi connectivity index (χ1n) is 2.26. The molecule has 1 aromatic rings. The van der Waals surface area contributed by atoms with E-state index in [1.54, 1.807) is 24.3 Å². The third kappa shape index (κ3) is 1.24. The summed E-state index contributed by atoms with van der Waals surface area (Å²) in [5.41, 5.74) is 0.495. The Bertz CT molecular complexity index is 143. The molecule has 1 aromatic carbocycles. The van der Waals surface area contributed by atoms with Crippen LogP contribution in [0.2, 0.25) is 5.02 Å². The molecule has 39 valence electrons. The second-order valence-electron chi connectivity index (χ2n) is 1.51. The van der Waals surface area contributed by atoms with Crippen molar-refractivity contribution in [1.82, 2.24) is 0 Å². The van der Waals surface area contributed by atoms with Gasteiger partial charge in [-0.1, -0.05) is 23.7 Å². The summed E-state index contributed by atoms with van der Waals surface area (Å²) < 4.78 is 0. The van der Waals surface area contributed by atoms with Gasteiger partial charge in [0.05, 0.1) is 0 Å². The van der Waals surface area contributed by atoms with E-state index in [2.05, 4.69) is 0 Å². The summed E-state index contributed by atoms with van der Waals surface area (Å²) in [4.78, 5) is 0. The van der Waals surface area contributed by atoms with Crippen LogP contribution in [0.1, 0.15) is 5.56 Å². The number of hydrogen-bond donors (Lipinski definition) is 0. The summed E-state index contributed by atoms with van der Waals surface area (Å²) in [7, 11) is 0. The molecule has 0 saturated carbocycles. The summed E-state index contributed by atoms with van der Waals surface area (Å²) in [6.07, 6.45) is 0. The van der Waals surface area contributed by atoms with E-state index >= 15 is 0 Å². The predicted octanol–water partition coefficient (Wildman–Crippen LogP) is 2.28. The number of halogens is 1. The highest BCUT2D eigenvalue weighted by molar-refractivity contribution is 6.30. The molecular weight excluding hydrogens is 120 g/mol. The Labute approximate surface area is 54.1 Å². The van der Waals surface area contributed by atoms with Crippen LogP contribution >= 0.6 is 11.6 Å². The minimum atomic E-state index is 0.495. The zero-order chi connectivity index (χ0) is 5.98. The van der Waals surface area contributed by atoms with Gasteiger partial charge in [0, 0.05) is 11.9 Å². The van der Waals surface area contributed by atoms with E-state index in [4.69, 9.17) is 18.5 Å². The molecule has 0 nitrogen and oxygen atoms in total. The zero-order valence-electron chi connectivity index (χ0n) is 4.19. The lowest BCUT2D eigenvalue weighted by Gasteiger charge is -1.87. The molecule has 1 heteroatoms. The lowest BCUT2D eigenvalue weighted by Crippen LogP contribution is -1.66. The molecule has 0 saturated heterocycles. The molecule has 0 aliphatic heterocycles. The standard InChI is InChI=1S/C7H4Cl/c1-6-2-4-7(8)5-3-6/h2-5H. The summed E-state index contributed by atoms with van der Waals surface area (Å²) in [6.45, 7) is 7.03. The van der Waals surface area contributed by atoms with E-state index in [1.165, 1.54) is 0 Å². The summed E-state index contributed by atoms with van der Waals surface area (Å²) in [5, 5.41) is 0.681. The molecule has 0 amide bonds. The minimum absolute atomic E-state index is 0.495. The first-order chi connectivity index (χ1) is 3.79. The van der Waals surface area contributed by atoms with Crippen LogP contribution in [0.4, 0.5) is 0 Å². The maximum absolute atomic E-state index is 7.03. The monoisotopic (exact) mass is 123 g/mol. The van der Waals surface area contributed by atoms with Crippen molar-refractivity contribution in [2.24, 2.45) is 0 Å². The van der Waals surface area contributed by atoms with Gasteiger partial charge >= 0.3 is 0 Å². The fourth-order valence-electron chi connectivity index (χ4n) is 0.450. The van der Waals surface area contributed by atoms with Gasteiger partial charge in [-0.3, -0.25) is 0 Å². The summed E-state index contributed by atoms with van der Waals surface area (Å²) in [5.74, 6) is 0. The van der Waals surface area contributed by atoms with Crippen LogP contribution in [0.15, 0.2) is 24.3 Å². The van der Waals surface area contributed by atoms with Gasteiger partial charge in [-0.25, -0.2) is 0 Å². The molecule has 0 aromatic heterocycles. The van der Waals surface area contributed by atoms with Crippen molar-refractivity contribution in [3.8, 4) is 0 Å². The Hall–Kier alpha value is -0.490. The molecule has 0 N–H and O–H groups in total. The Morgan fingerprint density at radius 2 is 1.62 bits per heavy atom. The van der Waals surface area contributed by atoms with E-state index in [9.17, 15) is 0 Å². The topological polar surface area (TPSA) is 0 Å². The normalized spacial score (nSPS) is 9.25. The van der Waals surface area contributed by atoms with Crippen molar-refractivity contribution < 1.29 is 0 Å². The second kappa shape index (κ2) is 2.19. The lowest BCUT2D eigenvalue weighted by atomic mass is 10.2. The van der Waals surface area contributed by atoms with Crippen molar-refractivity contribution in [3.05, 3.63) is 41.8 Å². The van der Waals surface area contributed by atoms with Crippen LogP contribution in [0.25, 0.3) is 0 Å². The van der Waals surface area contributed by atoms with Gasteiger partial charge in [-0.15, -0.1) is 0 Å². The third-order valence-corrected chi connectivity index (χ3v) is 1.10. The number of rotatable bonds is 0. The minimum Gasteiger partial charge on any atom is -0.0843 e. The fourth-order valence-corrected chi connectivity index (χ4v) is 0.576. The summed E-state index contributed by atoms with van der Waals surface area (Å²) >= 11 is 5.53. The van der Waals surface area contributed by atoms with Gasteiger partial charge in [0.1, 0.15) is 0 Å². The number of hydrogen-bond acceptors (Lipinski definition) is 0. The molecule has 0 atom stereocenters. The van der Waals surface area contributed by atoms with Gasteiger partial charge in [0.15, 0.2) is 0 Å². The van der Waals surface area contributed by atoms with E-state index < -0.39 is 0 Å². The van der Waals surface area contributed by atoms with Crippen LogP contribution in [-0.2, 0) is 0 Å². The molecule has 0 fully saturated rings. The van der Waals surface area contributed by atoms with E-state index in [0.29, 0.717) is 10.6 Å². The first-order valence-corrected chi connectivity index (χ1v) is 2.64. The van der Waals surface area contributed by atoms with E-state index in [-0.39, 0.29) is 0 Å². The highest BCUT2D eigenvalue weighted by atomic mass is 35.5. The van der Waals surface area contributed by atoms with Crippen molar-refractivity contribution in [3.63, 3.8) is 0 Å². The van der Waals surface area contributed by atoms with Crippen molar-refractivity contribution >= 4 is 11.6 Å². The molecule has 0 bridgehead atoms. The highest BCUT2D eigenvalue weighted by Gasteiger charge is 1.82. The molecule has 0 aliphatic carbocycles. The predicted molar refractivity (Wildman–Crippen MR) is 33.8 cm³/mol. The molecule has 1 rings (SSSR count). The molecule has 0 unspecified atom stereocenters. The van der Waals surface area contributed by atoms with Gasteiger partial charge in [0.25, 0.3) is 0 Å². The third-order valence-electron chi connectivity index (χ3n) is 0.844. The smallest absolute Gasteiger partial charge is 0.0406 e. The van der Waals surface area contributed by atoms with Gasteiger partial charge < -0.3 is 0 Å². The van der Waals surface area contributed by atoms with E-state index in [0.717, 1.165) is 0 Å². The highest BCUT2D eigenvalue weighted by Crippen LogP contribution is 2.07. The molecule has 3 radical (unpaired) electrons. The van der Waals surface area contributed by atoms with Crippen molar-refractivity contribution in [1.29, 1.82) is 0 Å². The van der Waals surface area contributed by atoms with Crippen LogP contribution in [-0.4, -0.2) is 0 Å². The van der Waals surface area contributed by atoms with Gasteiger partial charge in [0.2, 0.25) is 0 Å². The second-order valence-corrected chi connectivity index (χ2v) is 1.94. The maximum Gasteiger partial charge on any atom is 0.0406 e.